The van der Waals surface area contributed by atoms with Crippen LogP contribution in [0.25, 0.3) is 0 Å². The molecule has 1 atom stereocenters. The molecule has 0 radical (unpaired) electrons. The predicted octanol–water partition coefficient (Wildman–Crippen LogP) is 5.71. The van der Waals surface area contributed by atoms with Crippen LogP contribution in [0.2, 0.25) is 0 Å². The fourth-order valence-electron chi connectivity index (χ4n) is 7.27. The van der Waals surface area contributed by atoms with E-state index in [0.717, 1.165) is 62.3 Å². The normalized spacial score (nSPS) is 19.2. The summed E-state index contributed by atoms with van der Waals surface area (Å²) in [6.07, 6.45) is 3.74. The average molecular weight is 608 g/mol. The molecule has 0 aliphatic carbocycles. The number of rotatable bonds is 10. The van der Waals surface area contributed by atoms with E-state index < -0.39 is 11.9 Å². The number of benzene rings is 3. The van der Waals surface area contributed by atoms with Crippen molar-refractivity contribution in [3.63, 3.8) is 0 Å². The molecule has 0 spiro atoms. The van der Waals surface area contributed by atoms with Crippen LogP contribution in [0.3, 0.4) is 0 Å². The van der Waals surface area contributed by atoms with Crippen LogP contribution >= 0.6 is 0 Å². The van der Waals surface area contributed by atoms with Gasteiger partial charge >= 0.3 is 5.97 Å². The topological polar surface area (TPSA) is 80.3 Å². The van der Waals surface area contributed by atoms with Gasteiger partial charge in [0.1, 0.15) is 0 Å². The van der Waals surface area contributed by atoms with Crippen LogP contribution in [0.1, 0.15) is 55.7 Å². The molecule has 45 heavy (non-hydrogen) atoms. The number of hydrogen-bond donors (Lipinski definition) is 1. The minimum atomic E-state index is -0.509. The third-order valence-corrected chi connectivity index (χ3v) is 9.53. The molecular weight excluding hydrogens is 566 g/mol. The third-order valence-electron chi connectivity index (χ3n) is 9.53. The summed E-state index contributed by atoms with van der Waals surface area (Å²) < 4.78 is 16.4. The first-order valence-electron chi connectivity index (χ1n) is 15.7. The average Bonchev–Trinajstić information content (AvgIpc) is 3.56. The molecule has 8 heteroatoms. The molecule has 234 valence electrons. The van der Waals surface area contributed by atoms with E-state index in [-0.39, 0.29) is 12.2 Å². The van der Waals surface area contributed by atoms with Gasteiger partial charge in [-0.05, 0) is 81.6 Å². The molecule has 1 saturated heterocycles. The largest absolute Gasteiger partial charge is 0.466 e. The van der Waals surface area contributed by atoms with E-state index in [9.17, 15) is 9.59 Å². The Balaban J connectivity index is 1.18. The second-order valence-electron chi connectivity index (χ2n) is 12.0. The lowest BCUT2D eigenvalue weighted by atomic mass is 9.68. The molecule has 1 N–H and O–H groups in total. The number of esters is 1. The second kappa shape index (κ2) is 13.2. The van der Waals surface area contributed by atoms with Crippen LogP contribution in [0, 0.1) is 0 Å². The van der Waals surface area contributed by atoms with Crippen LogP contribution < -0.4 is 14.8 Å². The Morgan fingerprint density at radius 1 is 0.956 bits per heavy atom. The molecule has 6 rings (SSSR count). The van der Waals surface area contributed by atoms with Gasteiger partial charge in [0.2, 0.25) is 13.2 Å². The van der Waals surface area contributed by atoms with E-state index in [1.54, 1.807) is 4.90 Å². The summed E-state index contributed by atoms with van der Waals surface area (Å²) in [6.45, 7) is 7.30. The summed E-state index contributed by atoms with van der Waals surface area (Å²) in [4.78, 5) is 30.1. The number of nitrogens with zero attached hydrogens (tertiary/aromatic N) is 2. The highest BCUT2D eigenvalue weighted by molar-refractivity contribution is 5.92. The van der Waals surface area contributed by atoms with E-state index in [0.29, 0.717) is 29.3 Å². The van der Waals surface area contributed by atoms with E-state index in [4.69, 9.17) is 14.2 Å². The summed E-state index contributed by atoms with van der Waals surface area (Å²) >= 11 is 0. The Hall–Kier alpha value is -4.56. The first-order chi connectivity index (χ1) is 21.9. The minimum Gasteiger partial charge on any atom is -0.466 e. The highest BCUT2D eigenvalue weighted by Crippen LogP contribution is 2.44. The lowest BCUT2D eigenvalue weighted by Crippen LogP contribution is -2.44. The molecule has 1 amide bonds. The van der Waals surface area contributed by atoms with Gasteiger partial charge < -0.3 is 29.3 Å². The summed E-state index contributed by atoms with van der Waals surface area (Å²) in [5, 5.41) is 3.33. The standard InChI is InChI=1S/C37H41N3O5/c1-26-33(36(42)43-3)34(28-15-16-31-32(23-28)45-25-44-31)35(27(2)38-26)40(24-41)20-10-19-39-21-17-37(18-22-39,29-11-6-4-7-12-29)30-13-8-5-9-14-30/h4-9,11-16,23-24,34,38H,10,17-22,25H2,1-3H3. The minimum absolute atomic E-state index is 0.00411. The van der Waals surface area contributed by atoms with Crippen molar-refractivity contribution < 1.29 is 23.8 Å². The van der Waals surface area contributed by atoms with Crippen molar-refractivity contribution in [2.75, 3.05) is 40.1 Å². The number of methoxy groups -OCH3 is 1. The van der Waals surface area contributed by atoms with E-state index >= 15 is 0 Å². The zero-order valence-corrected chi connectivity index (χ0v) is 26.3. The quantitative estimate of drug-likeness (QED) is 0.234. The fraction of sp³-hybridized carbons (Fsp3) is 0.351. The lowest BCUT2D eigenvalue weighted by molar-refractivity contribution is -0.136. The van der Waals surface area contributed by atoms with Crippen molar-refractivity contribution in [1.29, 1.82) is 0 Å². The first kappa shape index (κ1) is 30.5. The number of carbonyl (C=O) groups excluding carboxylic acids is 2. The molecule has 1 fully saturated rings. The molecule has 3 aromatic rings. The number of dihydropyridines is 1. The van der Waals surface area contributed by atoms with Crippen molar-refractivity contribution in [1.82, 2.24) is 15.1 Å². The van der Waals surface area contributed by atoms with Gasteiger partial charge in [0.15, 0.2) is 11.5 Å². The monoisotopic (exact) mass is 607 g/mol. The van der Waals surface area contributed by atoms with E-state index in [1.165, 1.54) is 18.2 Å². The number of hydrogen-bond acceptors (Lipinski definition) is 7. The number of fused-ring (bicyclic) bond motifs is 1. The van der Waals surface area contributed by atoms with Crippen LogP contribution in [-0.4, -0.2) is 62.3 Å². The van der Waals surface area contributed by atoms with Gasteiger partial charge in [-0.15, -0.1) is 0 Å². The van der Waals surface area contributed by atoms with E-state index in [1.807, 2.05) is 32.0 Å². The lowest BCUT2D eigenvalue weighted by Gasteiger charge is -2.43. The number of carbonyl (C=O) groups is 2. The summed E-state index contributed by atoms with van der Waals surface area (Å²) in [5.74, 6) is 0.334. The maximum Gasteiger partial charge on any atom is 0.336 e. The molecule has 0 saturated carbocycles. The van der Waals surface area contributed by atoms with E-state index in [2.05, 4.69) is 70.9 Å². The van der Waals surface area contributed by atoms with Gasteiger partial charge in [-0.3, -0.25) is 4.79 Å². The number of ether oxygens (including phenoxy) is 3. The van der Waals surface area contributed by atoms with Crippen LogP contribution in [0.5, 0.6) is 11.5 Å². The number of amides is 1. The number of piperidine rings is 1. The summed E-state index contributed by atoms with van der Waals surface area (Å²) in [6, 6.07) is 27.4. The number of nitrogens with one attached hydrogen (secondary N) is 1. The van der Waals surface area contributed by atoms with Gasteiger partial charge in [-0.25, -0.2) is 4.79 Å². The molecule has 0 bridgehead atoms. The fourth-order valence-corrected chi connectivity index (χ4v) is 7.27. The molecule has 3 heterocycles. The summed E-state index contributed by atoms with van der Waals surface area (Å²) in [5.41, 5.74) is 6.29. The van der Waals surface area contributed by atoms with Crippen molar-refractivity contribution in [2.24, 2.45) is 0 Å². The van der Waals surface area contributed by atoms with Crippen LogP contribution in [0.15, 0.2) is 102 Å². The Morgan fingerprint density at radius 3 is 2.22 bits per heavy atom. The Bertz CT molecular complexity index is 1550. The van der Waals surface area contributed by atoms with Crippen molar-refractivity contribution in [3.05, 3.63) is 118 Å². The third kappa shape index (κ3) is 5.94. The van der Waals surface area contributed by atoms with Gasteiger partial charge in [-0.2, -0.15) is 0 Å². The zero-order valence-electron chi connectivity index (χ0n) is 26.3. The second-order valence-corrected chi connectivity index (χ2v) is 12.0. The maximum atomic E-state index is 13.1. The van der Waals surface area contributed by atoms with Crippen molar-refractivity contribution in [3.8, 4) is 11.5 Å². The highest BCUT2D eigenvalue weighted by atomic mass is 16.7. The van der Waals surface area contributed by atoms with Crippen LogP contribution in [0.4, 0.5) is 0 Å². The highest BCUT2D eigenvalue weighted by Gasteiger charge is 2.39. The van der Waals surface area contributed by atoms with Gasteiger partial charge in [0.05, 0.1) is 24.3 Å². The van der Waals surface area contributed by atoms with Gasteiger partial charge in [-0.1, -0.05) is 66.7 Å². The molecule has 1 unspecified atom stereocenters. The molecule has 0 aromatic heterocycles. The predicted molar refractivity (Wildman–Crippen MR) is 173 cm³/mol. The zero-order chi connectivity index (χ0) is 31.4. The Kier molecular flexibility index (Phi) is 8.94. The number of allylic oxidation sites excluding steroid dienone is 3. The molecule has 8 nitrogen and oxygen atoms in total. The Morgan fingerprint density at radius 2 is 1.60 bits per heavy atom. The smallest absolute Gasteiger partial charge is 0.336 e. The molecular formula is C37H41N3O5. The van der Waals surface area contributed by atoms with Gasteiger partial charge in [0, 0.05) is 23.4 Å². The molecule has 3 aromatic carbocycles. The SMILES string of the molecule is COC(=O)C1=C(C)NC(C)=C(N(C=O)CCCN2CCC(c3ccccc3)(c3ccccc3)CC2)C1c1ccc2c(c1)OCO2. The molecule has 3 aliphatic heterocycles. The van der Waals surface area contributed by atoms with Crippen molar-refractivity contribution >= 4 is 12.4 Å². The van der Waals surface area contributed by atoms with Crippen LogP contribution in [-0.2, 0) is 19.7 Å². The number of likely N-dealkylation sites (tertiary alicyclic amines) is 1. The summed E-state index contributed by atoms with van der Waals surface area (Å²) in [7, 11) is 1.38. The van der Waals surface area contributed by atoms with Crippen molar-refractivity contribution in [2.45, 2.75) is 44.4 Å². The first-order valence-corrected chi connectivity index (χ1v) is 15.7. The van der Waals surface area contributed by atoms with Gasteiger partial charge in [0.25, 0.3) is 0 Å². The maximum absolute atomic E-state index is 13.1. The Labute approximate surface area is 265 Å². The molecule has 3 aliphatic rings.